The van der Waals surface area contributed by atoms with Gasteiger partial charge >= 0.3 is 0 Å². The first-order chi connectivity index (χ1) is 9.83. The summed E-state index contributed by atoms with van der Waals surface area (Å²) < 4.78 is 32.7. The van der Waals surface area contributed by atoms with Crippen molar-refractivity contribution < 1.29 is 13.2 Å². The minimum atomic E-state index is -3.66. The van der Waals surface area contributed by atoms with Gasteiger partial charge in [0, 0.05) is 11.6 Å². The minimum absolute atomic E-state index is 0.0889. The number of methoxy groups -OCH3 is 1. The largest absolute Gasteiger partial charge is 0.496 e. The van der Waals surface area contributed by atoms with Crippen molar-refractivity contribution in [2.45, 2.75) is 24.1 Å². The third kappa shape index (κ3) is 3.74. The summed E-state index contributed by atoms with van der Waals surface area (Å²) in [6.45, 7) is 3.70. The smallest absolute Gasteiger partial charge is 0.252 e. The van der Waals surface area contributed by atoms with E-state index in [1.807, 2.05) is 25.1 Å². The number of ether oxygens (including phenoxy) is 1. The zero-order chi connectivity index (χ0) is 15.6. The van der Waals surface area contributed by atoms with Gasteiger partial charge in [-0.1, -0.05) is 40.6 Å². The van der Waals surface area contributed by atoms with Gasteiger partial charge in [0.25, 0.3) is 10.0 Å². The molecule has 0 aliphatic carbocycles. The van der Waals surface area contributed by atoms with Crippen LogP contribution in [0.5, 0.6) is 5.75 Å². The molecule has 0 bridgehead atoms. The van der Waals surface area contributed by atoms with E-state index in [9.17, 15) is 8.42 Å². The van der Waals surface area contributed by atoms with Crippen LogP contribution in [0.4, 0.5) is 0 Å². The maximum absolute atomic E-state index is 12.3. The molecule has 1 aromatic carbocycles. The normalized spacial score (nSPS) is 13.1. The van der Waals surface area contributed by atoms with Crippen molar-refractivity contribution in [1.82, 2.24) is 9.71 Å². The van der Waals surface area contributed by atoms with Crippen LogP contribution in [0, 0.1) is 6.92 Å². The van der Waals surface area contributed by atoms with Gasteiger partial charge in [-0.2, -0.15) is 0 Å². The number of benzene rings is 1. The molecule has 0 radical (unpaired) electrons. The molecule has 0 spiro atoms. The van der Waals surface area contributed by atoms with Crippen molar-refractivity contribution in [2.75, 3.05) is 7.11 Å². The van der Waals surface area contributed by atoms with Crippen molar-refractivity contribution >= 4 is 33.0 Å². The predicted octanol–water partition coefficient (Wildman–Crippen LogP) is 3.15. The Bertz CT molecular complexity index is 744. The van der Waals surface area contributed by atoms with Crippen LogP contribution in [0.3, 0.4) is 0 Å². The Morgan fingerprint density at radius 3 is 2.71 bits per heavy atom. The lowest BCUT2D eigenvalue weighted by Crippen LogP contribution is -2.26. The van der Waals surface area contributed by atoms with Crippen LogP contribution in [0.15, 0.2) is 28.6 Å². The lowest BCUT2D eigenvalue weighted by atomic mass is 10.1. The molecule has 1 heterocycles. The quantitative estimate of drug-likeness (QED) is 0.903. The monoisotopic (exact) mass is 346 g/mol. The van der Waals surface area contributed by atoms with Crippen LogP contribution in [0.1, 0.15) is 24.1 Å². The van der Waals surface area contributed by atoms with Crippen molar-refractivity contribution in [3.8, 4) is 5.75 Å². The van der Waals surface area contributed by atoms with Crippen molar-refractivity contribution in [1.29, 1.82) is 0 Å². The van der Waals surface area contributed by atoms with E-state index >= 15 is 0 Å². The van der Waals surface area contributed by atoms with Gasteiger partial charge in [-0.15, -0.1) is 0 Å². The second kappa shape index (κ2) is 6.31. The van der Waals surface area contributed by atoms with Gasteiger partial charge in [0.1, 0.15) is 5.75 Å². The Hall–Kier alpha value is -1.15. The molecule has 2 rings (SSSR count). The maximum atomic E-state index is 12.3. The highest BCUT2D eigenvalue weighted by Crippen LogP contribution is 2.29. The Kier molecular flexibility index (Phi) is 4.88. The van der Waals surface area contributed by atoms with Gasteiger partial charge in [-0.3, -0.25) is 0 Å². The summed E-state index contributed by atoms with van der Waals surface area (Å²) in [5, 5.41) is 0. The Labute approximate surface area is 133 Å². The molecule has 0 fully saturated rings. The van der Waals surface area contributed by atoms with E-state index in [-0.39, 0.29) is 8.68 Å². The first kappa shape index (κ1) is 16.2. The number of aryl methyl sites for hydroxylation is 1. The van der Waals surface area contributed by atoms with Crippen LogP contribution >= 0.6 is 22.9 Å². The molecule has 0 aliphatic rings. The molecule has 8 heteroatoms. The number of rotatable bonds is 5. The molecule has 1 aromatic heterocycles. The summed E-state index contributed by atoms with van der Waals surface area (Å²) in [5.41, 5.74) is 1.80. The molecule has 5 nitrogen and oxygen atoms in total. The highest BCUT2D eigenvalue weighted by molar-refractivity contribution is 7.91. The molecule has 1 atom stereocenters. The number of thiazole rings is 1. The van der Waals surface area contributed by atoms with Crippen molar-refractivity contribution in [3.63, 3.8) is 0 Å². The van der Waals surface area contributed by atoms with E-state index in [1.165, 1.54) is 6.20 Å². The number of hydrogen-bond donors (Lipinski definition) is 1. The number of nitrogens with zero attached hydrogens (tertiary/aromatic N) is 1. The molecule has 21 heavy (non-hydrogen) atoms. The highest BCUT2D eigenvalue weighted by atomic mass is 35.5. The minimum Gasteiger partial charge on any atom is -0.496 e. The van der Waals surface area contributed by atoms with Gasteiger partial charge in [-0.05, 0) is 19.9 Å². The van der Waals surface area contributed by atoms with E-state index in [1.54, 1.807) is 14.0 Å². The van der Waals surface area contributed by atoms with Crippen LogP contribution in [-0.4, -0.2) is 20.5 Å². The van der Waals surface area contributed by atoms with Crippen LogP contribution in [0.2, 0.25) is 4.47 Å². The molecule has 0 aliphatic heterocycles. The van der Waals surface area contributed by atoms with E-state index in [0.29, 0.717) is 5.75 Å². The zero-order valence-electron chi connectivity index (χ0n) is 11.8. The molecular formula is C13H15ClN2O3S2. The first-order valence-electron chi connectivity index (χ1n) is 6.11. The highest BCUT2D eigenvalue weighted by Gasteiger charge is 2.22. The number of hydrogen-bond acceptors (Lipinski definition) is 5. The number of halogens is 1. The number of aromatic nitrogens is 1. The number of nitrogens with one attached hydrogen (secondary N) is 1. The molecular weight excluding hydrogens is 332 g/mol. The van der Waals surface area contributed by atoms with Crippen LogP contribution in [0.25, 0.3) is 0 Å². The maximum Gasteiger partial charge on any atom is 0.252 e. The topological polar surface area (TPSA) is 68.3 Å². The van der Waals surface area contributed by atoms with E-state index < -0.39 is 16.1 Å². The summed E-state index contributed by atoms with van der Waals surface area (Å²) in [6.07, 6.45) is 1.25. The van der Waals surface area contributed by atoms with Crippen molar-refractivity contribution in [2.24, 2.45) is 0 Å². The van der Waals surface area contributed by atoms with Gasteiger partial charge in [0.2, 0.25) is 0 Å². The number of sulfonamides is 1. The summed E-state index contributed by atoms with van der Waals surface area (Å²) in [4.78, 5) is 3.75. The van der Waals surface area contributed by atoms with Gasteiger partial charge in [0.15, 0.2) is 8.68 Å². The summed E-state index contributed by atoms with van der Waals surface area (Å²) in [7, 11) is -2.10. The Morgan fingerprint density at radius 2 is 2.14 bits per heavy atom. The molecule has 0 saturated heterocycles. The lowest BCUT2D eigenvalue weighted by molar-refractivity contribution is 0.405. The molecule has 0 amide bonds. The average Bonchev–Trinajstić information content (AvgIpc) is 2.85. The standard InChI is InChI=1S/C13H15ClN2O3S2/c1-8-4-5-11(19-3)10(6-8)9(2)16-21(17,18)12-7-15-13(14)20-12/h4-7,9,16H,1-3H3. The molecule has 114 valence electrons. The van der Waals surface area contributed by atoms with Crippen molar-refractivity contribution in [3.05, 3.63) is 40.0 Å². The second-order valence-electron chi connectivity index (χ2n) is 4.52. The van der Waals surface area contributed by atoms with E-state index in [2.05, 4.69) is 9.71 Å². The lowest BCUT2D eigenvalue weighted by Gasteiger charge is -2.17. The second-order valence-corrected chi connectivity index (χ2v) is 8.07. The third-order valence-electron chi connectivity index (χ3n) is 2.90. The van der Waals surface area contributed by atoms with Gasteiger partial charge in [0.05, 0.1) is 13.3 Å². The van der Waals surface area contributed by atoms with E-state index in [4.69, 9.17) is 16.3 Å². The first-order valence-corrected chi connectivity index (χ1v) is 8.79. The molecule has 1 N–H and O–H groups in total. The summed E-state index contributed by atoms with van der Waals surface area (Å²) >= 11 is 6.60. The molecule has 0 saturated carbocycles. The fourth-order valence-corrected chi connectivity index (χ4v) is 4.44. The third-order valence-corrected chi connectivity index (χ3v) is 6.02. The molecule has 2 aromatic rings. The van der Waals surface area contributed by atoms with Gasteiger partial charge < -0.3 is 4.74 Å². The predicted molar refractivity (Wildman–Crippen MR) is 83.6 cm³/mol. The average molecular weight is 347 g/mol. The summed E-state index contributed by atoms with van der Waals surface area (Å²) in [6, 6.07) is 5.18. The van der Waals surface area contributed by atoms with Crippen LogP contribution in [-0.2, 0) is 10.0 Å². The fourth-order valence-electron chi connectivity index (χ4n) is 1.91. The zero-order valence-corrected chi connectivity index (χ0v) is 14.1. The fraction of sp³-hybridized carbons (Fsp3) is 0.308. The van der Waals surface area contributed by atoms with E-state index in [0.717, 1.165) is 22.5 Å². The van der Waals surface area contributed by atoms with Crippen LogP contribution < -0.4 is 9.46 Å². The Morgan fingerprint density at radius 1 is 1.43 bits per heavy atom. The SMILES string of the molecule is COc1ccc(C)cc1C(C)NS(=O)(=O)c1cnc(Cl)s1. The molecule has 1 unspecified atom stereocenters. The summed E-state index contributed by atoms with van der Waals surface area (Å²) in [5.74, 6) is 0.637. The Balaban J connectivity index is 2.29. The van der Waals surface area contributed by atoms with Gasteiger partial charge in [-0.25, -0.2) is 18.1 Å².